The lowest BCUT2D eigenvalue weighted by molar-refractivity contribution is -0.116. The van der Waals surface area contributed by atoms with Gasteiger partial charge in [-0.25, -0.2) is 4.98 Å². The largest absolute Gasteiger partial charge is 0.324 e. The van der Waals surface area contributed by atoms with E-state index in [9.17, 15) is 9.59 Å². The third kappa shape index (κ3) is 4.44. The molecule has 1 aromatic heterocycles. The van der Waals surface area contributed by atoms with Crippen LogP contribution >= 0.6 is 11.6 Å². The highest BCUT2D eigenvalue weighted by atomic mass is 35.5. The van der Waals surface area contributed by atoms with Gasteiger partial charge in [0.05, 0.1) is 12.0 Å². The number of rotatable bonds is 4. The molecule has 0 aliphatic rings. The van der Waals surface area contributed by atoms with Crippen LogP contribution in [0.4, 0.5) is 5.69 Å². The van der Waals surface area contributed by atoms with E-state index >= 15 is 0 Å². The Bertz CT molecular complexity index is 1030. The summed E-state index contributed by atoms with van der Waals surface area (Å²) in [5, 5.41) is 3.51. The number of aromatic nitrogens is 2. The van der Waals surface area contributed by atoms with E-state index in [-0.39, 0.29) is 18.0 Å². The number of aryl methyl sites for hydroxylation is 3. The number of nitrogens with zero attached hydrogens (tertiary/aromatic N) is 2. The molecule has 0 bridgehead atoms. The molecular formula is C21H20ClN3O2. The molecule has 6 heteroatoms. The molecule has 3 aromatic rings. The topological polar surface area (TPSA) is 64.0 Å². The van der Waals surface area contributed by atoms with Gasteiger partial charge >= 0.3 is 0 Å². The second kappa shape index (κ2) is 7.76. The van der Waals surface area contributed by atoms with E-state index < -0.39 is 0 Å². The lowest BCUT2D eigenvalue weighted by Crippen LogP contribution is -2.28. The van der Waals surface area contributed by atoms with Gasteiger partial charge in [-0.1, -0.05) is 41.4 Å². The van der Waals surface area contributed by atoms with E-state index in [2.05, 4.69) is 10.3 Å². The molecule has 0 saturated heterocycles. The van der Waals surface area contributed by atoms with Crippen LogP contribution < -0.4 is 10.9 Å². The molecular weight excluding hydrogens is 362 g/mol. The van der Waals surface area contributed by atoms with Gasteiger partial charge in [-0.15, -0.1) is 0 Å². The lowest BCUT2D eigenvalue weighted by atomic mass is 10.1. The fourth-order valence-electron chi connectivity index (χ4n) is 3.03. The van der Waals surface area contributed by atoms with E-state index in [0.717, 1.165) is 27.9 Å². The molecule has 2 aromatic carbocycles. The first-order valence-corrected chi connectivity index (χ1v) is 8.91. The van der Waals surface area contributed by atoms with Crippen molar-refractivity contribution >= 4 is 23.2 Å². The third-order valence-corrected chi connectivity index (χ3v) is 4.53. The van der Waals surface area contributed by atoms with E-state index in [1.54, 1.807) is 24.3 Å². The van der Waals surface area contributed by atoms with Gasteiger partial charge in [0.2, 0.25) is 5.91 Å². The Labute approximate surface area is 162 Å². The Morgan fingerprint density at radius 2 is 1.70 bits per heavy atom. The summed E-state index contributed by atoms with van der Waals surface area (Å²) >= 11 is 5.88. The van der Waals surface area contributed by atoms with Crippen LogP contribution in [0.2, 0.25) is 5.02 Å². The average molecular weight is 382 g/mol. The number of benzene rings is 2. The fraction of sp³-hybridized carbons (Fsp3) is 0.190. The molecule has 1 amide bonds. The SMILES string of the molecule is Cc1cc(C)c(NC(=O)Cn2cnc(-c3ccc(Cl)cc3)cc2=O)c(C)c1. The summed E-state index contributed by atoms with van der Waals surface area (Å²) in [5.41, 5.74) is 4.94. The minimum absolute atomic E-state index is 0.0977. The minimum Gasteiger partial charge on any atom is -0.324 e. The zero-order chi connectivity index (χ0) is 19.6. The quantitative estimate of drug-likeness (QED) is 0.739. The van der Waals surface area contributed by atoms with Crippen molar-refractivity contribution in [1.29, 1.82) is 0 Å². The highest BCUT2D eigenvalue weighted by molar-refractivity contribution is 6.30. The third-order valence-electron chi connectivity index (χ3n) is 4.27. The monoisotopic (exact) mass is 381 g/mol. The Balaban J connectivity index is 1.77. The van der Waals surface area contributed by atoms with Gasteiger partial charge in [0.15, 0.2) is 0 Å². The van der Waals surface area contributed by atoms with Crippen LogP contribution in [0.15, 0.2) is 53.6 Å². The highest BCUT2D eigenvalue weighted by Crippen LogP contribution is 2.22. The van der Waals surface area contributed by atoms with Crippen molar-refractivity contribution in [3.05, 3.63) is 80.9 Å². The van der Waals surface area contributed by atoms with Crippen molar-refractivity contribution in [3.8, 4) is 11.3 Å². The molecule has 0 fully saturated rings. The van der Waals surface area contributed by atoms with Crippen LogP contribution in [0.3, 0.4) is 0 Å². The normalized spacial score (nSPS) is 10.7. The predicted octanol–water partition coefficient (Wildman–Crippen LogP) is 4.13. The van der Waals surface area contributed by atoms with Crippen LogP contribution in [0.25, 0.3) is 11.3 Å². The molecule has 1 heterocycles. The summed E-state index contributed by atoms with van der Waals surface area (Å²) in [7, 11) is 0. The van der Waals surface area contributed by atoms with Crippen molar-refractivity contribution in [3.63, 3.8) is 0 Å². The smallest absolute Gasteiger partial charge is 0.254 e. The van der Waals surface area contributed by atoms with Gasteiger partial charge in [-0.3, -0.25) is 14.2 Å². The molecule has 0 spiro atoms. The van der Waals surface area contributed by atoms with Gasteiger partial charge in [0.25, 0.3) is 5.56 Å². The van der Waals surface area contributed by atoms with Gasteiger partial charge < -0.3 is 5.32 Å². The first kappa shape index (κ1) is 18.9. The van der Waals surface area contributed by atoms with Crippen molar-refractivity contribution < 1.29 is 4.79 Å². The van der Waals surface area contributed by atoms with Gasteiger partial charge in [-0.2, -0.15) is 0 Å². The molecule has 5 nitrogen and oxygen atoms in total. The Kier molecular flexibility index (Phi) is 5.42. The number of amides is 1. The summed E-state index contributed by atoms with van der Waals surface area (Å²) in [6.45, 7) is 5.81. The zero-order valence-electron chi connectivity index (χ0n) is 15.4. The average Bonchev–Trinajstić information content (AvgIpc) is 2.60. The van der Waals surface area contributed by atoms with Crippen molar-refractivity contribution in [2.24, 2.45) is 0 Å². The number of hydrogen-bond acceptors (Lipinski definition) is 3. The summed E-state index contributed by atoms with van der Waals surface area (Å²) in [6.07, 6.45) is 1.39. The maximum Gasteiger partial charge on any atom is 0.254 e. The van der Waals surface area contributed by atoms with Crippen LogP contribution in [0.1, 0.15) is 16.7 Å². The molecule has 138 valence electrons. The number of nitrogens with one attached hydrogen (secondary N) is 1. The molecule has 0 unspecified atom stereocenters. The van der Waals surface area contributed by atoms with Gasteiger partial charge in [-0.05, 0) is 44.0 Å². The van der Waals surface area contributed by atoms with Gasteiger partial charge in [0.1, 0.15) is 6.54 Å². The van der Waals surface area contributed by atoms with E-state index in [0.29, 0.717) is 10.7 Å². The maximum absolute atomic E-state index is 12.4. The van der Waals surface area contributed by atoms with Crippen molar-refractivity contribution in [2.45, 2.75) is 27.3 Å². The number of carbonyl (C=O) groups is 1. The van der Waals surface area contributed by atoms with E-state index in [1.807, 2.05) is 32.9 Å². The van der Waals surface area contributed by atoms with Crippen LogP contribution in [0, 0.1) is 20.8 Å². The molecule has 3 rings (SSSR count). The zero-order valence-corrected chi connectivity index (χ0v) is 16.2. The standard InChI is InChI=1S/C21H20ClN3O2/c1-13-8-14(2)21(15(3)9-13)24-19(26)11-25-12-23-18(10-20(25)27)16-4-6-17(22)7-5-16/h4-10,12H,11H2,1-3H3,(H,24,26). The summed E-state index contributed by atoms with van der Waals surface area (Å²) in [4.78, 5) is 29.1. The summed E-state index contributed by atoms with van der Waals surface area (Å²) in [6, 6.07) is 12.5. The molecule has 0 radical (unpaired) electrons. The second-order valence-electron chi connectivity index (χ2n) is 6.57. The first-order chi connectivity index (χ1) is 12.8. The number of anilines is 1. The van der Waals surface area contributed by atoms with E-state index in [4.69, 9.17) is 11.6 Å². The van der Waals surface area contributed by atoms with E-state index in [1.165, 1.54) is 17.0 Å². The lowest BCUT2D eigenvalue weighted by Gasteiger charge is -2.13. The second-order valence-corrected chi connectivity index (χ2v) is 7.01. The molecule has 0 aliphatic carbocycles. The molecule has 0 atom stereocenters. The Morgan fingerprint density at radius 3 is 2.30 bits per heavy atom. The predicted molar refractivity (Wildman–Crippen MR) is 108 cm³/mol. The van der Waals surface area contributed by atoms with Crippen molar-refractivity contribution in [2.75, 3.05) is 5.32 Å². The number of carbonyl (C=O) groups excluding carboxylic acids is 1. The Morgan fingerprint density at radius 1 is 1.07 bits per heavy atom. The van der Waals surface area contributed by atoms with Crippen molar-refractivity contribution in [1.82, 2.24) is 9.55 Å². The molecule has 0 saturated carbocycles. The summed E-state index contributed by atoms with van der Waals surface area (Å²) in [5.74, 6) is -0.270. The minimum atomic E-state index is -0.289. The van der Waals surface area contributed by atoms with Crippen LogP contribution in [-0.2, 0) is 11.3 Å². The summed E-state index contributed by atoms with van der Waals surface area (Å²) < 4.78 is 1.29. The van der Waals surface area contributed by atoms with Crippen LogP contribution in [-0.4, -0.2) is 15.5 Å². The Hall–Kier alpha value is -2.92. The van der Waals surface area contributed by atoms with Gasteiger partial charge in [0, 0.05) is 22.3 Å². The number of halogens is 1. The molecule has 0 aliphatic heterocycles. The van der Waals surface area contributed by atoms with Crippen LogP contribution in [0.5, 0.6) is 0 Å². The first-order valence-electron chi connectivity index (χ1n) is 8.53. The highest BCUT2D eigenvalue weighted by Gasteiger charge is 2.11. The number of hydrogen-bond donors (Lipinski definition) is 1. The molecule has 1 N–H and O–H groups in total. The maximum atomic E-state index is 12.4. The molecule has 27 heavy (non-hydrogen) atoms. The fourth-order valence-corrected chi connectivity index (χ4v) is 3.16.